The van der Waals surface area contributed by atoms with Crippen LogP contribution in [0.3, 0.4) is 0 Å². The quantitative estimate of drug-likeness (QED) is 0.0452. The summed E-state index contributed by atoms with van der Waals surface area (Å²) < 4.78 is 1.57. The maximum atomic E-state index is 12.5. The summed E-state index contributed by atoms with van der Waals surface area (Å²) in [5, 5.41) is 0. The van der Waals surface area contributed by atoms with Crippen LogP contribution in [0.5, 0.6) is 0 Å². The average Bonchev–Trinajstić information content (AvgIpc) is 3.46. The van der Waals surface area contributed by atoms with Gasteiger partial charge in [-0.3, -0.25) is 0 Å². The van der Waals surface area contributed by atoms with Crippen LogP contribution in [0.25, 0.3) is 16.9 Å². The standard InChI is InChI=1S/C52H80N2/c1-7-13-19-20-21-22-23-24-25-26-27-28-29-30-36-50-49(35-18-12-6)51(47-39-43(31-14-8-2)37-44(40-47)32-15-9-3)54(53)52(50)48-41-45(33-16-10-4)38-46(42-48)34-17-11-5/h37-42H,7-29,31-35H2,1-6H3. The zero-order valence-corrected chi connectivity index (χ0v) is 36.2. The molecule has 0 saturated heterocycles. The summed E-state index contributed by atoms with van der Waals surface area (Å²) in [5.74, 6) is 7.41. The van der Waals surface area contributed by atoms with Crippen molar-refractivity contribution < 1.29 is 4.70 Å². The Labute approximate surface area is 334 Å². The highest BCUT2D eigenvalue weighted by Crippen LogP contribution is 2.43. The van der Waals surface area contributed by atoms with E-state index in [0.29, 0.717) is 0 Å². The Balaban J connectivity index is 1.98. The van der Waals surface area contributed by atoms with E-state index in [1.807, 2.05) is 0 Å². The summed E-state index contributed by atoms with van der Waals surface area (Å²) >= 11 is 0. The molecule has 0 fully saturated rings. The molecule has 54 heavy (non-hydrogen) atoms. The zero-order valence-electron chi connectivity index (χ0n) is 36.2. The van der Waals surface area contributed by atoms with Gasteiger partial charge < -0.3 is 5.53 Å². The Morgan fingerprint density at radius 2 is 0.759 bits per heavy atom. The van der Waals surface area contributed by atoms with Crippen molar-refractivity contribution in [2.75, 3.05) is 0 Å². The van der Waals surface area contributed by atoms with Gasteiger partial charge in [0, 0.05) is 23.1 Å². The summed E-state index contributed by atoms with van der Waals surface area (Å²) in [6.45, 7) is 13.7. The van der Waals surface area contributed by atoms with E-state index in [-0.39, 0.29) is 0 Å². The largest absolute Gasteiger partial charge is 0.493 e. The molecular weight excluding hydrogens is 653 g/mol. The van der Waals surface area contributed by atoms with E-state index >= 15 is 0 Å². The van der Waals surface area contributed by atoms with Crippen LogP contribution in [-0.2, 0) is 25.7 Å². The van der Waals surface area contributed by atoms with Crippen LogP contribution >= 0.6 is 0 Å². The van der Waals surface area contributed by atoms with Crippen LogP contribution in [0.15, 0.2) is 47.5 Å². The van der Waals surface area contributed by atoms with Crippen molar-refractivity contribution in [2.45, 2.75) is 221 Å². The summed E-state index contributed by atoms with van der Waals surface area (Å²) in [4.78, 5) is 0. The first kappa shape index (κ1) is 45.5. The molecule has 0 amide bonds. The van der Waals surface area contributed by atoms with E-state index in [1.54, 1.807) is 4.70 Å². The highest BCUT2D eigenvalue weighted by atomic mass is 15.2. The molecule has 0 atom stereocenters. The minimum Gasteiger partial charge on any atom is -0.493 e. The van der Waals surface area contributed by atoms with Gasteiger partial charge in [0.1, 0.15) is 5.57 Å². The third-order valence-electron chi connectivity index (χ3n) is 11.3. The van der Waals surface area contributed by atoms with Crippen molar-refractivity contribution in [3.8, 4) is 11.8 Å². The first-order chi connectivity index (χ1) is 26.5. The van der Waals surface area contributed by atoms with Gasteiger partial charge in [-0.05, 0) is 117 Å². The van der Waals surface area contributed by atoms with Crippen molar-refractivity contribution in [3.05, 3.63) is 86.5 Å². The number of allylic oxidation sites excluding steroid dienone is 2. The molecule has 2 aromatic carbocycles. The van der Waals surface area contributed by atoms with Gasteiger partial charge in [-0.1, -0.05) is 168 Å². The zero-order chi connectivity index (χ0) is 38.8. The molecule has 0 N–H and O–H groups in total. The molecule has 1 aliphatic rings. The van der Waals surface area contributed by atoms with Gasteiger partial charge in [0.05, 0.1) is 0 Å². The lowest BCUT2D eigenvalue weighted by Crippen LogP contribution is -2.05. The Morgan fingerprint density at radius 1 is 0.407 bits per heavy atom. The molecule has 0 bridgehead atoms. The first-order valence-corrected chi connectivity index (χ1v) is 23.2. The molecule has 0 radical (unpaired) electrons. The molecule has 298 valence electrons. The molecule has 2 nitrogen and oxygen atoms in total. The minimum absolute atomic E-state index is 0.906. The van der Waals surface area contributed by atoms with Gasteiger partial charge >= 0.3 is 0 Å². The highest BCUT2D eigenvalue weighted by molar-refractivity contribution is 5.86. The van der Waals surface area contributed by atoms with Crippen molar-refractivity contribution >= 4 is 11.4 Å². The number of rotatable bonds is 29. The Bertz CT molecular complexity index is 1460. The van der Waals surface area contributed by atoms with Crippen LogP contribution in [0.1, 0.15) is 229 Å². The number of hydrogen-bond acceptors (Lipinski definition) is 0. The maximum Gasteiger partial charge on any atom is 0.223 e. The summed E-state index contributed by atoms with van der Waals surface area (Å²) in [6.07, 6.45) is 34.1. The SMILES string of the molecule is CCCCCCCCCCCCCCC#CC1=C(c2cc(CCCC)cc(CCCC)c2)[N+](=[N-])C(c2cc(CCCC)cc(CCCC)c2)=C1CCCC. The number of aryl methyl sites for hydroxylation is 4. The monoisotopic (exact) mass is 733 g/mol. The molecule has 2 aromatic rings. The Morgan fingerprint density at radius 3 is 1.17 bits per heavy atom. The predicted octanol–water partition coefficient (Wildman–Crippen LogP) is 16.5. The predicted molar refractivity (Wildman–Crippen MR) is 238 cm³/mol. The van der Waals surface area contributed by atoms with Crippen LogP contribution in [0.4, 0.5) is 0 Å². The third-order valence-corrected chi connectivity index (χ3v) is 11.3. The van der Waals surface area contributed by atoms with E-state index in [1.165, 1.54) is 150 Å². The molecule has 1 aliphatic heterocycles. The molecular formula is C52H80N2. The van der Waals surface area contributed by atoms with Gasteiger partial charge in [-0.2, -0.15) is 0 Å². The molecule has 0 aliphatic carbocycles. The van der Waals surface area contributed by atoms with Gasteiger partial charge in [0.15, 0.2) is 0 Å². The molecule has 3 rings (SSSR count). The van der Waals surface area contributed by atoms with Gasteiger partial charge in [-0.15, -0.1) is 0 Å². The normalized spacial score (nSPS) is 13.0. The number of unbranched alkanes of at least 4 members (excludes halogenated alkanes) is 17. The van der Waals surface area contributed by atoms with Crippen LogP contribution in [-0.4, -0.2) is 4.70 Å². The summed E-state index contributed by atoms with van der Waals surface area (Å²) in [7, 11) is 0. The van der Waals surface area contributed by atoms with Crippen LogP contribution < -0.4 is 0 Å². The first-order valence-electron chi connectivity index (χ1n) is 23.2. The number of nitrogens with zero attached hydrogens (tertiary/aromatic N) is 2. The van der Waals surface area contributed by atoms with E-state index in [2.05, 4.69) is 89.8 Å². The van der Waals surface area contributed by atoms with Crippen molar-refractivity contribution in [2.24, 2.45) is 0 Å². The van der Waals surface area contributed by atoms with Crippen LogP contribution in [0, 0.1) is 11.8 Å². The van der Waals surface area contributed by atoms with Crippen molar-refractivity contribution in [1.82, 2.24) is 0 Å². The van der Waals surface area contributed by atoms with E-state index < -0.39 is 0 Å². The molecule has 0 aromatic heterocycles. The van der Waals surface area contributed by atoms with Gasteiger partial charge in [0.2, 0.25) is 11.4 Å². The van der Waals surface area contributed by atoms with E-state index in [9.17, 15) is 5.53 Å². The van der Waals surface area contributed by atoms with E-state index in [4.69, 9.17) is 0 Å². The lowest BCUT2D eigenvalue weighted by molar-refractivity contribution is -0.345. The fourth-order valence-corrected chi connectivity index (χ4v) is 8.01. The van der Waals surface area contributed by atoms with Crippen molar-refractivity contribution in [3.63, 3.8) is 0 Å². The molecule has 1 heterocycles. The lowest BCUT2D eigenvalue weighted by Gasteiger charge is -2.14. The lowest BCUT2D eigenvalue weighted by atomic mass is 9.92. The highest BCUT2D eigenvalue weighted by Gasteiger charge is 2.35. The molecule has 0 unspecified atom stereocenters. The van der Waals surface area contributed by atoms with Crippen molar-refractivity contribution in [1.29, 1.82) is 0 Å². The summed E-state index contributed by atoms with van der Waals surface area (Å²) in [6, 6.07) is 14.3. The average molecular weight is 733 g/mol. The second kappa shape index (κ2) is 27.6. The second-order valence-corrected chi connectivity index (χ2v) is 16.4. The second-order valence-electron chi connectivity index (χ2n) is 16.4. The molecule has 0 saturated carbocycles. The fourth-order valence-electron chi connectivity index (χ4n) is 8.01. The van der Waals surface area contributed by atoms with Gasteiger partial charge in [-0.25, -0.2) is 4.70 Å². The third kappa shape index (κ3) is 15.7. The smallest absolute Gasteiger partial charge is 0.223 e. The molecule has 2 heteroatoms. The van der Waals surface area contributed by atoms with E-state index in [0.717, 1.165) is 85.9 Å². The fraction of sp³-hybridized carbons (Fsp3) is 0.654. The topological polar surface area (TPSA) is 25.3 Å². The van der Waals surface area contributed by atoms with Crippen LogP contribution in [0.2, 0.25) is 0 Å². The Kier molecular flexibility index (Phi) is 23.3. The number of hydrogen-bond donors (Lipinski definition) is 0. The minimum atomic E-state index is 0.906. The Hall–Kier alpha value is -2.92. The van der Waals surface area contributed by atoms with Gasteiger partial charge in [0.25, 0.3) is 0 Å². The maximum absolute atomic E-state index is 12.5. The molecule has 0 spiro atoms. The number of benzene rings is 2. The summed E-state index contributed by atoms with van der Waals surface area (Å²) in [5.41, 5.74) is 24.6.